The lowest BCUT2D eigenvalue weighted by atomic mass is 9.96. The van der Waals surface area contributed by atoms with Gasteiger partial charge >= 0.3 is 0 Å². The van der Waals surface area contributed by atoms with Gasteiger partial charge < -0.3 is 28.6 Å². The Morgan fingerprint density at radius 1 is 0.534 bits per heavy atom. The van der Waals surface area contributed by atoms with Crippen molar-refractivity contribution >= 4 is 87.0 Å². The number of anilines is 2. The molecule has 0 aliphatic carbocycles. The van der Waals surface area contributed by atoms with Crippen molar-refractivity contribution in [3.05, 3.63) is 185 Å². The highest BCUT2D eigenvalue weighted by Gasteiger charge is 2.31. The molecule has 5 aromatic carbocycles. The highest BCUT2D eigenvalue weighted by molar-refractivity contribution is 7.92. The fourth-order valence-corrected chi connectivity index (χ4v) is 12.9. The number of furan rings is 2. The van der Waals surface area contributed by atoms with Crippen LogP contribution in [0.4, 0.5) is 24.5 Å². The van der Waals surface area contributed by atoms with Gasteiger partial charge in [0.2, 0.25) is 20.0 Å². The Kier molecular flexibility index (Phi) is 13.9. The topological polar surface area (TPSA) is 208 Å². The SMILES string of the molecule is CNC(=O)c1c(-c2ccc(C)nc2)oc2cc(N(C)S(C)(=O)=O)c(-c3cc4c(cn3)CCn3c-4cc4c(F)cccc43)cc12.CNC(=O)c1c(-c2ccc(F)cc2)oc2cc(N(C)S(C)(=O)=O)c(-c3cc4c(cn3)CCn3c-4cc4c(F)cccc43)cc12. The lowest BCUT2D eigenvalue weighted by Gasteiger charge is -2.23. The van der Waals surface area contributed by atoms with E-state index in [0.29, 0.717) is 104 Å². The zero-order chi connectivity index (χ0) is 61.8. The third kappa shape index (κ3) is 9.68. The van der Waals surface area contributed by atoms with Crippen molar-refractivity contribution in [3.8, 4) is 67.7 Å². The Bertz CT molecular complexity index is 4830. The van der Waals surface area contributed by atoms with Gasteiger partial charge in [0, 0.05) is 144 Å². The van der Waals surface area contributed by atoms with Crippen molar-refractivity contribution in [1.82, 2.24) is 34.7 Å². The summed E-state index contributed by atoms with van der Waals surface area (Å²) in [5.41, 5.74) is 12.6. The van der Waals surface area contributed by atoms with E-state index >= 15 is 0 Å². The number of hydrogen-bond acceptors (Lipinski definition) is 11. The minimum absolute atomic E-state index is 0.217. The first-order valence-electron chi connectivity index (χ1n) is 27.9. The van der Waals surface area contributed by atoms with Crippen LogP contribution in [0.15, 0.2) is 149 Å². The fraction of sp³-hybridized carbons (Fsp3) is 0.167. The number of hydrogen-bond donors (Lipinski definition) is 2. The summed E-state index contributed by atoms with van der Waals surface area (Å²) >= 11 is 0. The average Bonchev–Trinajstić information content (AvgIpc) is 1.86. The number of rotatable bonds is 10. The Balaban J connectivity index is 0.000000162. The Morgan fingerprint density at radius 3 is 1.40 bits per heavy atom. The van der Waals surface area contributed by atoms with Gasteiger partial charge in [-0.15, -0.1) is 0 Å². The normalized spacial score (nSPS) is 12.8. The second-order valence-electron chi connectivity index (χ2n) is 21.8. The molecule has 9 heterocycles. The molecular formula is C66H54F3N9O8S2. The number of sulfonamides is 2. The number of nitrogens with zero attached hydrogens (tertiary/aromatic N) is 7. The molecule has 0 bridgehead atoms. The molecule has 0 atom stereocenters. The summed E-state index contributed by atoms with van der Waals surface area (Å²) in [5.74, 6) is -1.28. The molecular weight excluding hydrogens is 1170 g/mol. The van der Waals surface area contributed by atoms with Gasteiger partial charge in [-0.1, -0.05) is 12.1 Å². The molecule has 0 radical (unpaired) electrons. The fourth-order valence-electron chi connectivity index (χ4n) is 11.9. The van der Waals surface area contributed by atoms with Gasteiger partial charge in [-0.3, -0.25) is 33.2 Å². The second-order valence-corrected chi connectivity index (χ2v) is 25.8. The number of pyridine rings is 3. The number of fused-ring (bicyclic) bond motifs is 12. The monoisotopic (exact) mass is 1220 g/mol. The summed E-state index contributed by atoms with van der Waals surface area (Å²) in [5, 5.41) is 7.33. The molecule has 0 spiro atoms. The van der Waals surface area contributed by atoms with E-state index in [9.17, 15) is 39.6 Å². The van der Waals surface area contributed by atoms with Crippen molar-refractivity contribution in [3.63, 3.8) is 0 Å². The molecule has 0 fully saturated rings. The molecule has 14 rings (SSSR count). The van der Waals surface area contributed by atoms with Crippen molar-refractivity contribution in [2.75, 3.05) is 49.3 Å². The van der Waals surface area contributed by atoms with Crippen molar-refractivity contribution in [1.29, 1.82) is 0 Å². The first-order chi connectivity index (χ1) is 42.1. The summed E-state index contributed by atoms with van der Waals surface area (Å²) in [6, 6.07) is 33.4. The van der Waals surface area contributed by atoms with E-state index in [-0.39, 0.29) is 40.1 Å². The van der Waals surface area contributed by atoms with E-state index in [2.05, 4.69) is 24.8 Å². The average molecular weight is 1220 g/mol. The van der Waals surface area contributed by atoms with Crippen LogP contribution < -0.4 is 19.2 Å². The first-order valence-corrected chi connectivity index (χ1v) is 31.6. The quantitative estimate of drug-likeness (QED) is 0.132. The van der Waals surface area contributed by atoms with E-state index in [4.69, 9.17) is 18.8 Å². The van der Waals surface area contributed by atoms with E-state index in [1.807, 2.05) is 55.5 Å². The maximum absolute atomic E-state index is 14.7. The highest BCUT2D eigenvalue weighted by Crippen LogP contribution is 2.46. The van der Waals surface area contributed by atoms with E-state index in [1.54, 1.807) is 55.0 Å². The maximum atomic E-state index is 14.7. The lowest BCUT2D eigenvalue weighted by molar-refractivity contribution is 0.0956. The van der Waals surface area contributed by atoms with Gasteiger partial charge in [0.1, 0.15) is 40.1 Å². The number of carbonyl (C=O) groups excluding carboxylic acids is 2. The molecule has 0 saturated carbocycles. The minimum atomic E-state index is -3.73. The standard InChI is InChI=1S/C33H26F2N4O4S.C33H28FN5O4S/c1-36-33(40)31-24-13-23(28(38(2)44(3,41)42)16-30(24)43-32(31)18-7-9-20(34)10-8-18)26-14-21-19(17-37-26)11-12-39-27-6-4-5-25(35)22(27)15-29(21)39;1-18-8-9-20(17-36-18)32-31(33(40)35-2)24-12-23(28(15-30(24)43-32)38(3)44(4,41)42)26-13-21-19(16-37-26)10-11-39-27-7-5-6-25(34)22(27)14-29(21)39/h4-10,13-17H,11-12H2,1-3H3,(H,36,40);5-9,12-17H,10-11H2,1-4H3,(H,35,40). The Hall–Kier alpha value is -10.1. The smallest absolute Gasteiger partial charge is 0.255 e. The highest BCUT2D eigenvalue weighted by atomic mass is 32.2. The van der Waals surface area contributed by atoms with Gasteiger partial charge in [-0.05, 0) is 128 Å². The summed E-state index contributed by atoms with van der Waals surface area (Å²) in [4.78, 5) is 40.3. The molecule has 0 saturated heterocycles. The Morgan fingerprint density at radius 2 is 0.977 bits per heavy atom. The number of aromatic nitrogens is 5. The minimum Gasteiger partial charge on any atom is -0.455 e. The molecule has 2 aliphatic heterocycles. The van der Waals surface area contributed by atoms with Crippen LogP contribution in [0.2, 0.25) is 0 Å². The predicted molar refractivity (Wildman–Crippen MR) is 335 cm³/mol. The molecule has 2 amide bonds. The predicted octanol–water partition coefficient (Wildman–Crippen LogP) is 12.3. The molecule has 0 unspecified atom stereocenters. The third-order valence-corrected chi connectivity index (χ3v) is 18.9. The van der Waals surface area contributed by atoms with Crippen LogP contribution >= 0.6 is 0 Å². The molecule has 12 aromatic rings. The largest absolute Gasteiger partial charge is 0.455 e. The van der Waals surface area contributed by atoms with Gasteiger partial charge in [0.25, 0.3) is 11.8 Å². The van der Waals surface area contributed by atoms with E-state index in [0.717, 1.165) is 67.2 Å². The number of benzene rings is 5. The molecule has 444 valence electrons. The van der Waals surface area contributed by atoms with Crippen molar-refractivity contribution in [2.24, 2.45) is 0 Å². The van der Waals surface area contributed by atoms with E-state index in [1.165, 1.54) is 68.9 Å². The van der Waals surface area contributed by atoms with Crippen LogP contribution in [0.1, 0.15) is 37.5 Å². The van der Waals surface area contributed by atoms with Crippen molar-refractivity contribution < 1.29 is 48.4 Å². The summed E-state index contributed by atoms with van der Waals surface area (Å²) in [6.45, 7) is 3.22. The van der Waals surface area contributed by atoms with Crippen LogP contribution in [0.3, 0.4) is 0 Å². The molecule has 88 heavy (non-hydrogen) atoms. The van der Waals surface area contributed by atoms with Gasteiger partial charge in [-0.2, -0.15) is 0 Å². The number of nitrogens with one attached hydrogen (secondary N) is 2. The van der Waals surface area contributed by atoms with Gasteiger partial charge in [0.15, 0.2) is 0 Å². The molecule has 2 N–H and O–H groups in total. The van der Waals surface area contributed by atoms with Crippen molar-refractivity contribution in [2.45, 2.75) is 32.9 Å². The Labute approximate surface area is 502 Å². The zero-order valence-electron chi connectivity index (χ0n) is 48.5. The number of amides is 2. The number of halogens is 3. The van der Waals surface area contributed by atoms with Crippen LogP contribution in [0, 0.1) is 24.4 Å². The number of aryl methyl sites for hydroxylation is 5. The molecule has 17 nitrogen and oxygen atoms in total. The van der Waals surface area contributed by atoms with Crippen LogP contribution in [0.5, 0.6) is 0 Å². The lowest BCUT2D eigenvalue weighted by Crippen LogP contribution is -2.25. The zero-order valence-corrected chi connectivity index (χ0v) is 50.1. The molecule has 22 heteroatoms. The van der Waals surface area contributed by atoms with Gasteiger partial charge in [-0.25, -0.2) is 30.0 Å². The summed E-state index contributed by atoms with van der Waals surface area (Å²) in [6.07, 6.45) is 8.80. The van der Waals surface area contributed by atoms with E-state index < -0.39 is 31.8 Å². The van der Waals surface area contributed by atoms with Gasteiger partial charge in [0.05, 0.1) is 57.4 Å². The van der Waals surface area contributed by atoms with Crippen LogP contribution in [0.25, 0.3) is 111 Å². The second kappa shape index (κ2) is 21.4. The maximum Gasteiger partial charge on any atom is 0.255 e. The summed E-state index contributed by atoms with van der Waals surface area (Å²) < 4.78 is 113. The molecule has 2 aliphatic rings. The van der Waals surface area contributed by atoms with Crippen LogP contribution in [-0.2, 0) is 46.0 Å². The first kappa shape index (κ1) is 57.0. The molecule has 7 aromatic heterocycles. The van der Waals surface area contributed by atoms with Crippen LogP contribution in [-0.4, -0.2) is 93.4 Å². The third-order valence-electron chi connectivity index (χ3n) is 16.5. The summed E-state index contributed by atoms with van der Waals surface area (Å²) in [7, 11) is -1.49. The number of carbonyl (C=O) groups is 2.